The fourth-order valence-corrected chi connectivity index (χ4v) is 5.77. The molecule has 0 spiro atoms. The van der Waals surface area contributed by atoms with Crippen molar-refractivity contribution in [2.45, 2.75) is 38.1 Å². The minimum atomic E-state index is -0.696. The van der Waals surface area contributed by atoms with Crippen LogP contribution < -0.4 is 10.6 Å². The quantitative estimate of drug-likeness (QED) is 0.480. The fraction of sp³-hybridized carbons (Fsp3) is 0.296. The predicted molar refractivity (Wildman–Crippen MR) is 133 cm³/mol. The molecule has 3 aromatic rings. The van der Waals surface area contributed by atoms with Crippen LogP contribution in [-0.2, 0) is 30.7 Å². The Labute approximate surface area is 202 Å². The maximum atomic E-state index is 12.9. The molecule has 1 amide bonds. The minimum Gasteiger partial charge on any atom is -0.390 e. The topological polar surface area (TPSA) is 81.7 Å². The van der Waals surface area contributed by atoms with Gasteiger partial charge in [-0.15, -0.1) is 11.3 Å². The van der Waals surface area contributed by atoms with Crippen molar-refractivity contribution in [1.29, 1.82) is 0 Å². The molecule has 34 heavy (non-hydrogen) atoms. The van der Waals surface area contributed by atoms with Gasteiger partial charge in [-0.3, -0.25) is 4.79 Å². The van der Waals surface area contributed by atoms with Gasteiger partial charge in [0.2, 0.25) is 0 Å². The van der Waals surface area contributed by atoms with E-state index in [9.17, 15) is 14.7 Å². The molecule has 2 aliphatic rings. The highest BCUT2D eigenvalue weighted by molar-refractivity contribution is 7.14. The number of carbonyl (C=O) groups is 1. The summed E-state index contributed by atoms with van der Waals surface area (Å²) >= 11 is 1.41. The highest BCUT2D eigenvalue weighted by Crippen LogP contribution is 2.34. The molecule has 2 atom stereocenters. The van der Waals surface area contributed by atoms with Crippen LogP contribution in [0.25, 0.3) is 5.70 Å². The van der Waals surface area contributed by atoms with Gasteiger partial charge in [-0.05, 0) is 29.2 Å². The van der Waals surface area contributed by atoms with Gasteiger partial charge in [-0.25, -0.2) is 4.79 Å². The first-order chi connectivity index (χ1) is 16.6. The maximum Gasteiger partial charge on any atom is 0.261 e. The molecule has 174 valence electrons. The number of carbonyl (C=O) groups excluding carboxylic acids is 2. The summed E-state index contributed by atoms with van der Waals surface area (Å²) < 4.78 is 0. The first kappa shape index (κ1) is 22.6. The number of rotatable bonds is 6. The fourth-order valence-electron chi connectivity index (χ4n) is 4.70. The second kappa shape index (κ2) is 9.95. The SMILES string of the molecule is O=C=C1c2cc(C(=O)NCC(O)[C@@H]3Cc4ccccc4CN3)sc2CCN1Cc1ccccc1. The molecule has 0 fully saturated rings. The molecule has 2 aromatic carbocycles. The van der Waals surface area contributed by atoms with Crippen molar-refractivity contribution in [3.8, 4) is 0 Å². The molecule has 3 N–H and O–H groups in total. The minimum absolute atomic E-state index is 0.108. The molecule has 0 radical (unpaired) electrons. The Morgan fingerprint density at radius 1 is 1.18 bits per heavy atom. The van der Waals surface area contributed by atoms with E-state index in [0.717, 1.165) is 28.8 Å². The summed E-state index contributed by atoms with van der Waals surface area (Å²) in [6.45, 7) is 2.22. The van der Waals surface area contributed by atoms with Gasteiger partial charge in [0.25, 0.3) is 5.91 Å². The number of nitrogens with zero attached hydrogens (tertiary/aromatic N) is 1. The Hall–Kier alpha value is -3.22. The van der Waals surface area contributed by atoms with Crippen LogP contribution in [0.4, 0.5) is 0 Å². The summed E-state index contributed by atoms with van der Waals surface area (Å²) in [5.74, 6) is 1.88. The van der Waals surface area contributed by atoms with Crippen LogP contribution >= 0.6 is 11.3 Å². The van der Waals surface area contributed by atoms with Crippen LogP contribution in [0.3, 0.4) is 0 Å². The predicted octanol–water partition coefficient (Wildman–Crippen LogP) is 2.78. The second-order valence-corrected chi connectivity index (χ2v) is 9.93. The van der Waals surface area contributed by atoms with Crippen molar-refractivity contribution in [3.05, 3.63) is 92.7 Å². The van der Waals surface area contributed by atoms with Gasteiger partial charge < -0.3 is 20.6 Å². The van der Waals surface area contributed by atoms with Crippen LogP contribution in [0.15, 0.2) is 60.7 Å². The molecule has 5 rings (SSSR count). The summed E-state index contributed by atoms with van der Waals surface area (Å²) in [6, 6.07) is 19.9. The van der Waals surface area contributed by atoms with E-state index in [-0.39, 0.29) is 18.5 Å². The second-order valence-electron chi connectivity index (χ2n) is 8.79. The standard InChI is InChI=1S/C27H27N3O3S/c31-17-23-21-13-26(34-25(21)10-11-30(23)16-18-6-2-1-3-7-18)27(33)29-15-24(32)22-12-19-8-4-5-9-20(19)14-28-22/h1-9,13,22,24,28,32H,10-12,14-16H2,(H,29,33)/t22-,24?/m0/s1. The largest absolute Gasteiger partial charge is 0.390 e. The highest BCUT2D eigenvalue weighted by Gasteiger charge is 2.28. The molecule has 2 aliphatic heterocycles. The first-order valence-electron chi connectivity index (χ1n) is 11.6. The molecule has 3 heterocycles. The van der Waals surface area contributed by atoms with E-state index in [4.69, 9.17) is 0 Å². The molecule has 1 aromatic heterocycles. The van der Waals surface area contributed by atoms with Crippen molar-refractivity contribution in [1.82, 2.24) is 15.5 Å². The van der Waals surface area contributed by atoms with Crippen molar-refractivity contribution < 1.29 is 14.7 Å². The zero-order valence-electron chi connectivity index (χ0n) is 18.8. The number of nitrogens with one attached hydrogen (secondary N) is 2. The number of aliphatic hydroxyl groups is 1. The van der Waals surface area contributed by atoms with Crippen molar-refractivity contribution in [2.75, 3.05) is 13.1 Å². The van der Waals surface area contributed by atoms with E-state index < -0.39 is 6.10 Å². The van der Waals surface area contributed by atoms with Gasteiger partial charge in [0, 0.05) is 49.1 Å². The third-order valence-electron chi connectivity index (χ3n) is 6.57. The van der Waals surface area contributed by atoms with Crippen molar-refractivity contribution in [3.63, 3.8) is 0 Å². The van der Waals surface area contributed by atoms with Crippen LogP contribution in [0.1, 0.15) is 36.8 Å². The zero-order chi connectivity index (χ0) is 23.5. The molecule has 0 bridgehead atoms. The number of thiophene rings is 1. The average molecular weight is 474 g/mol. The van der Waals surface area contributed by atoms with Gasteiger partial charge in [0.05, 0.1) is 11.0 Å². The lowest BCUT2D eigenvalue weighted by atomic mass is 9.93. The number of aliphatic hydroxyl groups excluding tert-OH is 1. The monoisotopic (exact) mass is 473 g/mol. The molecule has 0 aliphatic carbocycles. The highest BCUT2D eigenvalue weighted by atomic mass is 32.1. The molecule has 0 saturated carbocycles. The number of fused-ring (bicyclic) bond motifs is 2. The summed E-state index contributed by atoms with van der Waals surface area (Å²) in [4.78, 5) is 28.3. The summed E-state index contributed by atoms with van der Waals surface area (Å²) in [6.07, 6.45) is 0.809. The molecule has 7 heteroatoms. The number of amides is 1. The van der Waals surface area contributed by atoms with Crippen LogP contribution in [0.5, 0.6) is 0 Å². The van der Waals surface area contributed by atoms with E-state index in [2.05, 4.69) is 28.7 Å². The lowest BCUT2D eigenvalue weighted by molar-refractivity contribution is 0.0873. The van der Waals surface area contributed by atoms with Crippen molar-refractivity contribution in [2.24, 2.45) is 0 Å². The number of benzene rings is 2. The average Bonchev–Trinajstić information content (AvgIpc) is 3.32. The first-order valence-corrected chi connectivity index (χ1v) is 12.4. The van der Waals surface area contributed by atoms with Gasteiger partial charge >= 0.3 is 0 Å². The van der Waals surface area contributed by atoms with Gasteiger partial charge in [0.1, 0.15) is 5.70 Å². The summed E-state index contributed by atoms with van der Waals surface area (Å²) in [7, 11) is 0. The molecular formula is C27H27N3O3S. The van der Waals surface area contributed by atoms with Gasteiger partial charge in [-0.2, -0.15) is 0 Å². The van der Waals surface area contributed by atoms with Gasteiger partial charge in [0.15, 0.2) is 5.94 Å². The van der Waals surface area contributed by atoms with E-state index in [1.807, 2.05) is 47.4 Å². The number of hydrogen-bond donors (Lipinski definition) is 3. The smallest absolute Gasteiger partial charge is 0.261 e. The third kappa shape index (κ3) is 4.69. The Bertz CT molecular complexity index is 1230. The van der Waals surface area contributed by atoms with E-state index in [1.165, 1.54) is 22.5 Å². The number of hydrogen-bond acceptors (Lipinski definition) is 6. The molecule has 0 saturated heterocycles. The van der Waals surface area contributed by atoms with Crippen LogP contribution in [-0.4, -0.2) is 47.1 Å². The Balaban J connectivity index is 1.22. The lowest BCUT2D eigenvalue weighted by Gasteiger charge is -2.29. The van der Waals surface area contributed by atoms with Crippen LogP contribution in [0, 0.1) is 0 Å². The van der Waals surface area contributed by atoms with Gasteiger partial charge in [-0.1, -0.05) is 54.6 Å². The molecular weight excluding hydrogens is 446 g/mol. The normalized spacial score (nSPS) is 18.0. The Morgan fingerprint density at radius 2 is 1.94 bits per heavy atom. The zero-order valence-corrected chi connectivity index (χ0v) is 19.6. The van der Waals surface area contributed by atoms with E-state index in [1.54, 1.807) is 6.07 Å². The molecule has 1 unspecified atom stereocenters. The third-order valence-corrected chi connectivity index (χ3v) is 7.77. The van der Waals surface area contributed by atoms with Crippen LogP contribution in [0.2, 0.25) is 0 Å². The van der Waals surface area contributed by atoms with E-state index >= 15 is 0 Å². The summed E-state index contributed by atoms with van der Waals surface area (Å²) in [5.41, 5.74) is 4.90. The lowest BCUT2D eigenvalue weighted by Crippen LogP contribution is -2.49. The summed E-state index contributed by atoms with van der Waals surface area (Å²) in [5, 5.41) is 16.9. The molecule has 6 nitrogen and oxygen atoms in total. The maximum absolute atomic E-state index is 12.9. The van der Waals surface area contributed by atoms with E-state index in [0.29, 0.717) is 30.2 Å². The van der Waals surface area contributed by atoms with Crippen molar-refractivity contribution >= 4 is 28.9 Å². The Morgan fingerprint density at radius 3 is 2.74 bits per heavy atom. The Kier molecular flexibility index (Phi) is 6.61.